The second kappa shape index (κ2) is 17.6. The largest absolute Gasteiger partial charge is 0.473 e. The molecule has 0 aliphatic heterocycles. The molecule has 0 aliphatic rings. The van der Waals surface area contributed by atoms with Crippen LogP contribution in [0.3, 0.4) is 0 Å². The minimum atomic E-state index is 0.159. The number of hydrogen-bond donors (Lipinski definition) is 0. The highest BCUT2D eigenvalue weighted by Crippen LogP contribution is 2.07. The zero-order valence-electron chi connectivity index (χ0n) is 15.8. The van der Waals surface area contributed by atoms with Crippen LogP contribution in [0.2, 0.25) is 0 Å². The Kier molecular flexibility index (Phi) is 16.9. The topological polar surface area (TPSA) is 27.7 Å². The highest BCUT2D eigenvalue weighted by atomic mass is 16.5. The Balaban J connectivity index is 4.11. The molecule has 0 saturated carbocycles. The third-order valence-electron chi connectivity index (χ3n) is 3.55. The molecule has 0 aromatic heterocycles. The predicted molar refractivity (Wildman–Crippen MR) is 98.5 cm³/mol. The van der Waals surface area contributed by atoms with E-state index in [1.807, 2.05) is 12.2 Å². The minimum absolute atomic E-state index is 0.159. The first-order valence-electron chi connectivity index (χ1n) is 9.50. The van der Waals surface area contributed by atoms with Crippen LogP contribution in [0.5, 0.6) is 0 Å². The Morgan fingerprint density at radius 1 is 0.652 bits per heavy atom. The fourth-order valence-electron chi connectivity index (χ4n) is 2.11. The number of rotatable bonds is 16. The Morgan fingerprint density at radius 2 is 1.09 bits per heavy atom. The van der Waals surface area contributed by atoms with Crippen LogP contribution >= 0.6 is 0 Å². The Labute approximate surface area is 144 Å². The third kappa shape index (κ3) is 14.5. The molecule has 0 radical (unpaired) electrons. The van der Waals surface area contributed by atoms with Crippen LogP contribution in [0.25, 0.3) is 0 Å². The van der Waals surface area contributed by atoms with Crippen molar-refractivity contribution in [1.29, 1.82) is 0 Å². The normalized spacial score (nSPS) is 14.6. The summed E-state index contributed by atoms with van der Waals surface area (Å²) in [6.45, 7) is 10.4. The molecule has 23 heavy (non-hydrogen) atoms. The van der Waals surface area contributed by atoms with Crippen LogP contribution < -0.4 is 0 Å². The smallest absolute Gasteiger partial charge is 0.0887 e. The molecule has 0 saturated heterocycles. The van der Waals surface area contributed by atoms with Gasteiger partial charge in [0.15, 0.2) is 0 Å². The van der Waals surface area contributed by atoms with Crippen LogP contribution in [-0.4, -0.2) is 25.4 Å². The van der Waals surface area contributed by atoms with Gasteiger partial charge >= 0.3 is 0 Å². The molecule has 0 N–H and O–H groups in total. The predicted octanol–water partition coefficient (Wildman–Crippen LogP) is 6.00. The molecule has 0 bridgehead atoms. The van der Waals surface area contributed by atoms with Crippen LogP contribution in [0, 0.1) is 0 Å². The van der Waals surface area contributed by atoms with Crippen molar-refractivity contribution in [2.24, 2.45) is 0 Å². The standard InChI is InChI=1S/C20H38O3/c1-5-9-15-22-19(11-7-3)13-17-21-18-14-20(12-8-4)23-16-10-6-2/h13-14,17-20H,5-12,15-16H2,1-4H3. The number of hydrogen-bond acceptors (Lipinski definition) is 3. The molecule has 0 aromatic carbocycles. The molecule has 0 rings (SSSR count). The lowest BCUT2D eigenvalue weighted by Crippen LogP contribution is -2.11. The van der Waals surface area contributed by atoms with Crippen LogP contribution in [-0.2, 0) is 14.2 Å². The van der Waals surface area contributed by atoms with Gasteiger partial charge in [-0.05, 0) is 37.8 Å². The fraction of sp³-hybridized carbons (Fsp3) is 0.800. The molecule has 3 heteroatoms. The molecule has 0 aliphatic carbocycles. The summed E-state index contributed by atoms with van der Waals surface area (Å²) in [5.74, 6) is 0. The lowest BCUT2D eigenvalue weighted by molar-refractivity contribution is 0.0739. The summed E-state index contributed by atoms with van der Waals surface area (Å²) in [5.41, 5.74) is 0. The third-order valence-corrected chi connectivity index (χ3v) is 3.55. The molecule has 136 valence electrons. The number of unbranched alkanes of at least 4 members (excludes halogenated alkanes) is 2. The van der Waals surface area contributed by atoms with Gasteiger partial charge in [0.05, 0.1) is 24.7 Å². The van der Waals surface area contributed by atoms with E-state index in [-0.39, 0.29) is 12.2 Å². The van der Waals surface area contributed by atoms with E-state index in [4.69, 9.17) is 14.2 Å². The minimum Gasteiger partial charge on any atom is -0.473 e. The first kappa shape index (κ1) is 22.2. The monoisotopic (exact) mass is 326 g/mol. The SMILES string of the molecule is CCCCOC(C=COC=CC(CCC)OCCCC)CCC. The van der Waals surface area contributed by atoms with E-state index in [1.54, 1.807) is 12.5 Å². The molecular formula is C20H38O3. The van der Waals surface area contributed by atoms with Gasteiger partial charge in [-0.25, -0.2) is 0 Å². The Hall–Kier alpha value is -0.800. The van der Waals surface area contributed by atoms with Crippen LogP contribution in [0.15, 0.2) is 24.7 Å². The van der Waals surface area contributed by atoms with E-state index in [1.165, 1.54) is 12.8 Å². The van der Waals surface area contributed by atoms with Gasteiger partial charge in [-0.1, -0.05) is 53.4 Å². The van der Waals surface area contributed by atoms with E-state index < -0.39 is 0 Å². The summed E-state index contributed by atoms with van der Waals surface area (Å²) in [6.07, 6.45) is 16.7. The second-order valence-electron chi connectivity index (χ2n) is 5.90. The number of ether oxygens (including phenoxy) is 3. The lowest BCUT2D eigenvalue weighted by atomic mass is 10.2. The molecule has 0 spiro atoms. The lowest BCUT2D eigenvalue weighted by Gasteiger charge is -2.13. The Bertz CT molecular complexity index is 259. The van der Waals surface area contributed by atoms with Crippen molar-refractivity contribution in [2.75, 3.05) is 13.2 Å². The van der Waals surface area contributed by atoms with Gasteiger partial charge in [-0.15, -0.1) is 0 Å². The first-order chi connectivity index (χ1) is 11.3. The van der Waals surface area contributed by atoms with E-state index in [0.29, 0.717) is 0 Å². The van der Waals surface area contributed by atoms with Gasteiger partial charge in [0.25, 0.3) is 0 Å². The molecule has 0 heterocycles. The van der Waals surface area contributed by atoms with Crippen molar-refractivity contribution in [3.8, 4) is 0 Å². The summed E-state index contributed by atoms with van der Waals surface area (Å²) in [7, 11) is 0. The van der Waals surface area contributed by atoms with Gasteiger partial charge in [0.2, 0.25) is 0 Å². The quantitative estimate of drug-likeness (QED) is 0.257. The average Bonchev–Trinajstić information content (AvgIpc) is 2.54. The zero-order chi connectivity index (χ0) is 17.2. The highest BCUT2D eigenvalue weighted by Gasteiger charge is 2.04. The summed E-state index contributed by atoms with van der Waals surface area (Å²) in [5, 5.41) is 0. The summed E-state index contributed by atoms with van der Waals surface area (Å²) >= 11 is 0. The molecule has 2 atom stereocenters. The highest BCUT2D eigenvalue weighted by molar-refractivity contribution is 4.89. The van der Waals surface area contributed by atoms with E-state index in [0.717, 1.165) is 51.7 Å². The second-order valence-corrected chi connectivity index (χ2v) is 5.90. The summed E-state index contributed by atoms with van der Waals surface area (Å²) in [6, 6.07) is 0. The van der Waals surface area contributed by atoms with Gasteiger partial charge < -0.3 is 14.2 Å². The molecule has 2 unspecified atom stereocenters. The van der Waals surface area contributed by atoms with Crippen molar-refractivity contribution in [3.63, 3.8) is 0 Å². The molecule has 0 fully saturated rings. The summed E-state index contributed by atoms with van der Waals surface area (Å²) in [4.78, 5) is 0. The molecular weight excluding hydrogens is 288 g/mol. The maximum absolute atomic E-state index is 5.84. The van der Waals surface area contributed by atoms with Crippen LogP contribution in [0.4, 0.5) is 0 Å². The van der Waals surface area contributed by atoms with Crippen molar-refractivity contribution in [1.82, 2.24) is 0 Å². The fourth-order valence-corrected chi connectivity index (χ4v) is 2.11. The van der Waals surface area contributed by atoms with Crippen molar-refractivity contribution in [3.05, 3.63) is 24.7 Å². The van der Waals surface area contributed by atoms with Crippen molar-refractivity contribution >= 4 is 0 Å². The van der Waals surface area contributed by atoms with Gasteiger partial charge in [0, 0.05) is 13.2 Å². The summed E-state index contributed by atoms with van der Waals surface area (Å²) < 4.78 is 17.2. The molecule has 0 amide bonds. The molecule has 0 aromatic rings. The van der Waals surface area contributed by atoms with E-state index >= 15 is 0 Å². The maximum atomic E-state index is 5.84. The van der Waals surface area contributed by atoms with Gasteiger partial charge in [0.1, 0.15) is 0 Å². The maximum Gasteiger partial charge on any atom is 0.0887 e. The molecule has 3 nitrogen and oxygen atoms in total. The van der Waals surface area contributed by atoms with Crippen molar-refractivity contribution in [2.45, 2.75) is 91.3 Å². The zero-order valence-corrected chi connectivity index (χ0v) is 15.8. The van der Waals surface area contributed by atoms with Crippen LogP contribution in [0.1, 0.15) is 79.1 Å². The Morgan fingerprint density at radius 3 is 1.43 bits per heavy atom. The average molecular weight is 327 g/mol. The van der Waals surface area contributed by atoms with E-state index in [9.17, 15) is 0 Å². The first-order valence-corrected chi connectivity index (χ1v) is 9.50. The van der Waals surface area contributed by atoms with Gasteiger partial charge in [-0.3, -0.25) is 0 Å². The van der Waals surface area contributed by atoms with Crippen molar-refractivity contribution < 1.29 is 14.2 Å². The van der Waals surface area contributed by atoms with E-state index in [2.05, 4.69) is 27.7 Å². The van der Waals surface area contributed by atoms with Gasteiger partial charge in [-0.2, -0.15) is 0 Å².